The molecule has 0 amide bonds. The van der Waals surface area contributed by atoms with E-state index >= 15 is 0 Å². The van der Waals surface area contributed by atoms with Crippen LogP contribution in [-0.4, -0.2) is 104 Å². The fourth-order valence-corrected chi connectivity index (χ4v) is 6.32. The lowest BCUT2D eigenvalue weighted by Crippen LogP contribution is -2.37. The van der Waals surface area contributed by atoms with E-state index in [0.29, 0.717) is 50.7 Å². The Morgan fingerprint density at radius 2 is 1.44 bits per heavy atom. The van der Waals surface area contributed by atoms with Crippen LogP contribution in [0.4, 0.5) is 23.4 Å². The molecule has 2 aliphatic rings. The Bertz CT molecular complexity index is 1870. The molecule has 1 fully saturated rings. The van der Waals surface area contributed by atoms with E-state index < -0.39 is 0 Å². The first-order valence-corrected chi connectivity index (χ1v) is 17.6. The number of aromatic nitrogens is 5. The van der Waals surface area contributed by atoms with Crippen LogP contribution in [0.2, 0.25) is 0 Å². The zero-order valence-electron chi connectivity index (χ0n) is 30.2. The molecule has 5 heterocycles. The molecule has 0 spiro atoms. The van der Waals surface area contributed by atoms with Gasteiger partial charge in [-0.15, -0.1) is 0 Å². The SMILES string of the molecule is COc1ccc(CN(Cc2ccc(OC)cc2)c2ncc(-c3nc(N4CCOCC4)nc4c3CCN4c3ccnc(OCCN(C)C)c3)cn2)cc1. The fraction of sp³-hybridized carbons (Fsp3) is 0.359. The highest BCUT2D eigenvalue weighted by molar-refractivity contribution is 5.77. The lowest BCUT2D eigenvalue weighted by molar-refractivity contribution is 0.122. The van der Waals surface area contributed by atoms with Crippen LogP contribution in [0.3, 0.4) is 0 Å². The molecule has 13 nitrogen and oxygen atoms in total. The molecule has 0 aliphatic carbocycles. The molecular weight excluding hydrogens is 658 g/mol. The number of likely N-dealkylation sites (N-methyl/N-ethyl adjacent to an activating group) is 1. The van der Waals surface area contributed by atoms with Gasteiger partial charge in [0, 0.05) is 80.7 Å². The maximum atomic E-state index is 5.98. The van der Waals surface area contributed by atoms with Crippen molar-refractivity contribution in [3.63, 3.8) is 0 Å². The second-order valence-electron chi connectivity index (χ2n) is 13.0. The fourth-order valence-electron chi connectivity index (χ4n) is 6.32. The minimum atomic E-state index is 0.557. The summed E-state index contributed by atoms with van der Waals surface area (Å²) in [5.74, 6) is 4.39. The molecule has 2 aliphatic heterocycles. The minimum Gasteiger partial charge on any atom is -0.497 e. The Morgan fingerprint density at radius 3 is 2.06 bits per heavy atom. The van der Waals surface area contributed by atoms with Crippen LogP contribution in [0, 0.1) is 0 Å². The number of pyridine rings is 1. The van der Waals surface area contributed by atoms with Gasteiger partial charge in [-0.3, -0.25) is 0 Å². The maximum absolute atomic E-state index is 5.98. The van der Waals surface area contributed by atoms with Gasteiger partial charge < -0.3 is 38.5 Å². The van der Waals surface area contributed by atoms with Crippen molar-refractivity contribution in [2.24, 2.45) is 0 Å². The Morgan fingerprint density at radius 1 is 0.788 bits per heavy atom. The van der Waals surface area contributed by atoms with Gasteiger partial charge in [0.1, 0.15) is 23.9 Å². The Hall–Kier alpha value is -5.53. The smallest absolute Gasteiger partial charge is 0.228 e. The summed E-state index contributed by atoms with van der Waals surface area (Å²) in [6, 6.07) is 20.2. The summed E-state index contributed by atoms with van der Waals surface area (Å²) < 4.78 is 22.4. The predicted octanol–water partition coefficient (Wildman–Crippen LogP) is 5.02. The van der Waals surface area contributed by atoms with Crippen molar-refractivity contribution in [1.82, 2.24) is 29.8 Å². The highest BCUT2D eigenvalue weighted by atomic mass is 16.5. The van der Waals surface area contributed by atoms with Crippen LogP contribution in [0.15, 0.2) is 79.3 Å². The zero-order chi connectivity index (χ0) is 35.9. The average Bonchev–Trinajstić information content (AvgIpc) is 3.62. The molecule has 7 rings (SSSR count). The number of fused-ring (bicyclic) bond motifs is 1. The van der Waals surface area contributed by atoms with Crippen molar-refractivity contribution in [3.8, 4) is 28.6 Å². The summed E-state index contributed by atoms with van der Waals surface area (Å²) in [5, 5.41) is 0. The normalized spacial score (nSPS) is 14.0. The molecule has 5 aromatic rings. The van der Waals surface area contributed by atoms with Crippen molar-refractivity contribution >= 4 is 23.4 Å². The second kappa shape index (κ2) is 16.2. The van der Waals surface area contributed by atoms with Crippen molar-refractivity contribution < 1.29 is 18.9 Å². The van der Waals surface area contributed by atoms with E-state index in [2.05, 4.69) is 48.8 Å². The predicted molar refractivity (Wildman–Crippen MR) is 201 cm³/mol. The molecule has 1 saturated heterocycles. The van der Waals surface area contributed by atoms with Crippen LogP contribution < -0.4 is 28.9 Å². The average molecular weight is 704 g/mol. The lowest BCUT2D eigenvalue weighted by Gasteiger charge is -2.28. The molecule has 0 bridgehead atoms. The number of hydrogen-bond acceptors (Lipinski definition) is 13. The molecule has 0 N–H and O–H groups in total. The van der Waals surface area contributed by atoms with E-state index in [1.54, 1.807) is 20.4 Å². The summed E-state index contributed by atoms with van der Waals surface area (Å²) in [7, 11) is 7.40. The van der Waals surface area contributed by atoms with E-state index in [-0.39, 0.29) is 0 Å². The number of hydrogen-bond donors (Lipinski definition) is 0. The Balaban J connectivity index is 1.21. The number of ether oxygens (including phenoxy) is 4. The molecule has 270 valence electrons. The van der Waals surface area contributed by atoms with Gasteiger partial charge >= 0.3 is 0 Å². The van der Waals surface area contributed by atoms with Gasteiger partial charge in [-0.1, -0.05) is 24.3 Å². The van der Waals surface area contributed by atoms with Crippen LogP contribution >= 0.6 is 0 Å². The number of benzene rings is 2. The van der Waals surface area contributed by atoms with Gasteiger partial charge in [0.2, 0.25) is 17.8 Å². The summed E-state index contributed by atoms with van der Waals surface area (Å²) in [6.07, 6.45) is 6.33. The van der Waals surface area contributed by atoms with E-state index in [1.807, 2.05) is 62.9 Å². The van der Waals surface area contributed by atoms with Crippen molar-refractivity contribution in [1.29, 1.82) is 0 Å². The summed E-state index contributed by atoms with van der Waals surface area (Å²) in [4.78, 5) is 33.3. The molecule has 52 heavy (non-hydrogen) atoms. The molecular formula is C39H45N9O4. The third-order valence-corrected chi connectivity index (χ3v) is 9.19. The summed E-state index contributed by atoms with van der Waals surface area (Å²) >= 11 is 0. The summed E-state index contributed by atoms with van der Waals surface area (Å²) in [6.45, 7) is 6.04. The zero-order valence-corrected chi connectivity index (χ0v) is 30.2. The third kappa shape index (κ3) is 8.16. The number of nitrogens with zero attached hydrogens (tertiary/aromatic N) is 9. The first-order valence-electron chi connectivity index (χ1n) is 17.6. The van der Waals surface area contributed by atoms with Gasteiger partial charge in [0.05, 0.1) is 33.1 Å². The van der Waals surface area contributed by atoms with Crippen LogP contribution in [0.25, 0.3) is 11.3 Å². The maximum Gasteiger partial charge on any atom is 0.228 e. The van der Waals surface area contributed by atoms with Crippen LogP contribution in [0.5, 0.6) is 17.4 Å². The second-order valence-corrected chi connectivity index (χ2v) is 13.0. The third-order valence-electron chi connectivity index (χ3n) is 9.19. The minimum absolute atomic E-state index is 0.557. The molecule has 0 saturated carbocycles. The van der Waals surface area contributed by atoms with Gasteiger partial charge in [-0.2, -0.15) is 4.98 Å². The number of anilines is 4. The van der Waals surface area contributed by atoms with E-state index in [0.717, 1.165) is 83.6 Å². The van der Waals surface area contributed by atoms with Gasteiger partial charge in [-0.25, -0.2) is 19.9 Å². The van der Waals surface area contributed by atoms with Crippen molar-refractivity contribution in [3.05, 3.63) is 95.9 Å². The molecule has 13 heteroatoms. The number of methoxy groups -OCH3 is 2. The largest absolute Gasteiger partial charge is 0.497 e. The molecule has 0 atom stereocenters. The topological polar surface area (TPSA) is 114 Å². The monoisotopic (exact) mass is 703 g/mol. The number of morpholine rings is 1. The van der Waals surface area contributed by atoms with E-state index in [9.17, 15) is 0 Å². The standard InChI is InChI=1S/C39H45N9O4/c1-45(2)17-22-52-35-23-31(13-15-40-35)48-16-14-34-36(43-39(44-37(34)48)46-18-20-51-21-19-46)30-24-41-38(42-25-30)47(26-28-5-9-32(49-3)10-6-28)27-29-7-11-33(50-4)12-8-29/h5-13,15,23-25H,14,16-22,26-27H2,1-4H3. The summed E-state index contributed by atoms with van der Waals surface area (Å²) in [5.41, 5.74) is 5.96. The first kappa shape index (κ1) is 34.9. The Labute approximate surface area is 304 Å². The molecule has 0 radical (unpaired) electrons. The highest BCUT2D eigenvalue weighted by Gasteiger charge is 2.30. The van der Waals surface area contributed by atoms with E-state index in [1.165, 1.54) is 0 Å². The van der Waals surface area contributed by atoms with Gasteiger partial charge in [0.15, 0.2) is 0 Å². The highest BCUT2D eigenvalue weighted by Crippen LogP contribution is 2.40. The Kier molecular flexibility index (Phi) is 10.9. The van der Waals surface area contributed by atoms with Crippen LogP contribution in [0.1, 0.15) is 16.7 Å². The molecule has 0 unspecified atom stereocenters. The molecule has 3 aromatic heterocycles. The van der Waals surface area contributed by atoms with Crippen molar-refractivity contribution in [2.45, 2.75) is 19.5 Å². The van der Waals surface area contributed by atoms with Gasteiger partial charge in [-0.05, 0) is 62.0 Å². The first-order chi connectivity index (χ1) is 25.5. The van der Waals surface area contributed by atoms with Crippen molar-refractivity contribution in [2.75, 3.05) is 89.0 Å². The van der Waals surface area contributed by atoms with E-state index in [4.69, 9.17) is 38.9 Å². The number of rotatable bonds is 14. The van der Waals surface area contributed by atoms with Crippen LogP contribution in [-0.2, 0) is 24.2 Å². The molecule has 2 aromatic carbocycles. The quantitative estimate of drug-likeness (QED) is 0.154. The lowest BCUT2D eigenvalue weighted by atomic mass is 10.1. The van der Waals surface area contributed by atoms with Gasteiger partial charge in [0.25, 0.3) is 0 Å².